The average molecular weight is 413 g/mol. The molecule has 0 heterocycles. The lowest BCUT2D eigenvalue weighted by atomic mass is 9.89. The van der Waals surface area contributed by atoms with Crippen LogP contribution < -0.4 is 14.8 Å². The van der Waals surface area contributed by atoms with Crippen molar-refractivity contribution in [3.8, 4) is 17.2 Å². The largest absolute Gasteiger partial charge is 0.484 e. The molecule has 0 saturated heterocycles. The Kier molecular flexibility index (Phi) is 7.68. The molecule has 1 saturated carbocycles. The Morgan fingerprint density at radius 1 is 0.967 bits per heavy atom. The predicted octanol–water partition coefficient (Wildman–Crippen LogP) is 3.51. The van der Waals surface area contributed by atoms with Crippen molar-refractivity contribution in [2.24, 2.45) is 0 Å². The number of nitrogens with one attached hydrogen (secondary N) is 1. The van der Waals surface area contributed by atoms with Crippen LogP contribution >= 0.6 is 0 Å². The molecule has 0 aliphatic heterocycles. The minimum absolute atomic E-state index is 0.0510. The van der Waals surface area contributed by atoms with Gasteiger partial charge in [0, 0.05) is 12.8 Å². The van der Waals surface area contributed by atoms with Crippen molar-refractivity contribution in [1.82, 2.24) is 5.32 Å². The van der Waals surface area contributed by atoms with Gasteiger partial charge in [0.25, 0.3) is 0 Å². The molecule has 7 nitrogen and oxygen atoms in total. The maximum atomic E-state index is 12.1. The lowest BCUT2D eigenvalue weighted by molar-refractivity contribution is -0.137. The molecule has 1 fully saturated rings. The Balaban J connectivity index is 1.60. The van der Waals surface area contributed by atoms with Crippen LogP contribution in [0.4, 0.5) is 0 Å². The zero-order chi connectivity index (χ0) is 21.3. The molecule has 2 aromatic rings. The number of amides is 1. The van der Waals surface area contributed by atoms with Crippen LogP contribution in [-0.2, 0) is 9.59 Å². The quantitative estimate of drug-likeness (QED) is 0.581. The second-order valence-corrected chi connectivity index (χ2v) is 7.36. The van der Waals surface area contributed by atoms with E-state index in [1.54, 1.807) is 12.1 Å². The first-order chi connectivity index (χ1) is 14.5. The molecular formula is C23H27NO6. The van der Waals surface area contributed by atoms with Gasteiger partial charge in [-0.1, -0.05) is 30.3 Å². The Morgan fingerprint density at radius 2 is 1.67 bits per heavy atom. The van der Waals surface area contributed by atoms with E-state index < -0.39 is 24.2 Å². The Hall–Kier alpha value is -3.06. The molecule has 7 heteroatoms. The molecule has 3 atom stereocenters. The Morgan fingerprint density at radius 3 is 2.40 bits per heavy atom. The number of hydrogen-bond donors (Lipinski definition) is 3. The van der Waals surface area contributed by atoms with E-state index in [4.69, 9.17) is 14.6 Å². The van der Waals surface area contributed by atoms with Gasteiger partial charge in [0.15, 0.2) is 11.5 Å². The van der Waals surface area contributed by atoms with Gasteiger partial charge >= 0.3 is 5.97 Å². The van der Waals surface area contributed by atoms with Crippen molar-refractivity contribution in [1.29, 1.82) is 0 Å². The molecular weight excluding hydrogens is 386 g/mol. The van der Waals surface area contributed by atoms with Crippen LogP contribution in [0.15, 0.2) is 54.6 Å². The predicted molar refractivity (Wildman–Crippen MR) is 111 cm³/mol. The van der Waals surface area contributed by atoms with E-state index in [1.165, 1.54) is 0 Å². The number of aliphatic hydroxyl groups excluding tert-OH is 1. The number of rotatable bonds is 9. The van der Waals surface area contributed by atoms with E-state index in [0.717, 1.165) is 6.42 Å². The number of para-hydroxylation sites is 3. The highest BCUT2D eigenvalue weighted by molar-refractivity contribution is 5.77. The number of carbonyl (C=O) groups excluding carboxylic acids is 1. The van der Waals surface area contributed by atoms with E-state index in [2.05, 4.69) is 5.32 Å². The summed E-state index contributed by atoms with van der Waals surface area (Å²) < 4.78 is 12.0. The molecule has 0 spiro atoms. The second kappa shape index (κ2) is 10.6. The highest BCUT2D eigenvalue weighted by Crippen LogP contribution is 2.34. The highest BCUT2D eigenvalue weighted by atomic mass is 16.5. The minimum Gasteiger partial charge on any atom is -0.484 e. The fraction of sp³-hybridized carbons (Fsp3) is 0.391. The standard InChI is InChI=1S/C23H27NO6/c25-21(14-7-15-22(26)27)24-17-10-6-13-20(23(17)28)30-19-12-5-4-11-18(19)29-16-8-2-1-3-9-16/h1-5,8-9,11-12,17,20,23,28H,6-7,10,13-15H2,(H,24,25)(H,26,27)/t17-,20-,23-/m1/s1. The monoisotopic (exact) mass is 413 g/mol. The van der Waals surface area contributed by atoms with Gasteiger partial charge < -0.3 is 25.0 Å². The lowest BCUT2D eigenvalue weighted by Crippen LogP contribution is -2.52. The molecule has 3 N–H and O–H groups in total. The minimum atomic E-state index is -0.926. The molecule has 1 amide bonds. The van der Waals surface area contributed by atoms with Crippen molar-refractivity contribution in [3.63, 3.8) is 0 Å². The van der Waals surface area contributed by atoms with Crippen LogP contribution in [-0.4, -0.2) is 40.3 Å². The molecule has 160 valence electrons. The Labute approximate surface area is 175 Å². The molecule has 30 heavy (non-hydrogen) atoms. The lowest BCUT2D eigenvalue weighted by Gasteiger charge is -2.35. The summed E-state index contributed by atoms with van der Waals surface area (Å²) in [6.07, 6.45) is 1.09. The maximum absolute atomic E-state index is 12.1. The van der Waals surface area contributed by atoms with Gasteiger partial charge in [0.1, 0.15) is 18.0 Å². The molecule has 2 aromatic carbocycles. The zero-order valence-electron chi connectivity index (χ0n) is 16.7. The van der Waals surface area contributed by atoms with Gasteiger partial charge in [-0.15, -0.1) is 0 Å². The van der Waals surface area contributed by atoms with Crippen molar-refractivity contribution in [2.45, 2.75) is 56.8 Å². The van der Waals surface area contributed by atoms with Crippen LogP contribution in [0.25, 0.3) is 0 Å². The van der Waals surface area contributed by atoms with Crippen molar-refractivity contribution < 1.29 is 29.3 Å². The molecule has 1 aliphatic carbocycles. The highest BCUT2D eigenvalue weighted by Gasteiger charge is 2.34. The number of aliphatic carboxylic acids is 1. The van der Waals surface area contributed by atoms with Crippen molar-refractivity contribution in [3.05, 3.63) is 54.6 Å². The van der Waals surface area contributed by atoms with E-state index in [0.29, 0.717) is 30.1 Å². The van der Waals surface area contributed by atoms with Gasteiger partial charge in [-0.2, -0.15) is 0 Å². The summed E-state index contributed by atoms with van der Waals surface area (Å²) in [7, 11) is 0. The molecule has 0 unspecified atom stereocenters. The first-order valence-electron chi connectivity index (χ1n) is 10.2. The third-order valence-electron chi connectivity index (χ3n) is 5.04. The summed E-state index contributed by atoms with van der Waals surface area (Å²) in [5.41, 5.74) is 0. The first kappa shape index (κ1) is 21.6. The summed E-state index contributed by atoms with van der Waals surface area (Å²) in [4.78, 5) is 22.7. The van der Waals surface area contributed by atoms with E-state index in [9.17, 15) is 14.7 Å². The molecule has 3 rings (SSSR count). The van der Waals surface area contributed by atoms with E-state index in [1.807, 2.05) is 42.5 Å². The topological polar surface area (TPSA) is 105 Å². The van der Waals surface area contributed by atoms with E-state index >= 15 is 0 Å². The second-order valence-electron chi connectivity index (χ2n) is 7.36. The van der Waals surface area contributed by atoms with Gasteiger partial charge in [-0.3, -0.25) is 9.59 Å². The normalized spacial score (nSPS) is 20.9. The fourth-order valence-corrected chi connectivity index (χ4v) is 3.52. The number of carboxylic acid groups (broad SMARTS) is 1. The number of benzene rings is 2. The molecule has 0 bridgehead atoms. The molecule has 0 radical (unpaired) electrons. The number of carbonyl (C=O) groups is 2. The summed E-state index contributed by atoms with van der Waals surface area (Å²) in [6, 6.07) is 16.2. The van der Waals surface area contributed by atoms with Gasteiger partial charge in [-0.05, 0) is 49.9 Å². The van der Waals surface area contributed by atoms with Crippen LogP contribution in [0, 0.1) is 0 Å². The third kappa shape index (κ3) is 6.22. The van der Waals surface area contributed by atoms with Crippen molar-refractivity contribution >= 4 is 11.9 Å². The number of aliphatic hydroxyl groups is 1. The van der Waals surface area contributed by atoms with E-state index in [-0.39, 0.29) is 25.2 Å². The first-order valence-corrected chi connectivity index (χ1v) is 10.2. The van der Waals surface area contributed by atoms with Gasteiger partial charge in [-0.25, -0.2) is 0 Å². The summed E-state index contributed by atoms with van der Waals surface area (Å²) in [6.45, 7) is 0. The molecule has 1 aliphatic rings. The van der Waals surface area contributed by atoms with Gasteiger partial charge in [0.2, 0.25) is 5.91 Å². The summed E-state index contributed by atoms with van der Waals surface area (Å²) >= 11 is 0. The zero-order valence-corrected chi connectivity index (χ0v) is 16.7. The smallest absolute Gasteiger partial charge is 0.303 e. The van der Waals surface area contributed by atoms with Crippen LogP contribution in [0.1, 0.15) is 38.5 Å². The molecule has 0 aromatic heterocycles. The Bertz CT molecular complexity index is 841. The maximum Gasteiger partial charge on any atom is 0.303 e. The SMILES string of the molecule is O=C(O)CCCC(=O)N[C@@H]1CCC[C@@H](Oc2ccccc2Oc2ccccc2)[C@@H]1O. The number of hydrogen-bond acceptors (Lipinski definition) is 5. The van der Waals surface area contributed by atoms with Crippen LogP contribution in [0.5, 0.6) is 17.2 Å². The summed E-state index contributed by atoms with van der Waals surface area (Å²) in [5, 5.41) is 22.3. The van der Waals surface area contributed by atoms with Crippen molar-refractivity contribution in [2.75, 3.05) is 0 Å². The number of carboxylic acids is 1. The van der Waals surface area contributed by atoms with Crippen LogP contribution in [0.2, 0.25) is 0 Å². The average Bonchev–Trinajstić information content (AvgIpc) is 2.73. The fourth-order valence-electron chi connectivity index (χ4n) is 3.52. The third-order valence-corrected chi connectivity index (χ3v) is 5.04. The van der Waals surface area contributed by atoms with Gasteiger partial charge in [0.05, 0.1) is 6.04 Å². The summed E-state index contributed by atoms with van der Waals surface area (Å²) in [5.74, 6) is 0.581. The van der Waals surface area contributed by atoms with Crippen LogP contribution in [0.3, 0.4) is 0 Å². The number of ether oxygens (including phenoxy) is 2.